The van der Waals surface area contributed by atoms with Gasteiger partial charge in [-0.25, -0.2) is 9.97 Å². The zero-order chi connectivity index (χ0) is 35.0. The van der Waals surface area contributed by atoms with Crippen LogP contribution in [0.2, 0.25) is 0 Å². The van der Waals surface area contributed by atoms with E-state index in [0.717, 1.165) is 65.3 Å². The molecule has 0 unspecified atom stereocenters. The van der Waals surface area contributed by atoms with Gasteiger partial charge in [-0.05, 0) is 97.7 Å². The van der Waals surface area contributed by atoms with E-state index in [4.69, 9.17) is 0 Å². The molecule has 0 aliphatic carbocycles. The van der Waals surface area contributed by atoms with Crippen LogP contribution in [0.3, 0.4) is 0 Å². The highest BCUT2D eigenvalue weighted by molar-refractivity contribution is 6.05. The monoisotopic (exact) mass is 664 g/mol. The maximum atomic E-state index is 11.0. The zero-order valence-electron chi connectivity index (χ0n) is 27.8. The first kappa shape index (κ1) is 30.6. The van der Waals surface area contributed by atoms with Crippen molar-refractivity contribution in [3.8, 4) is 57.7 Å². The van der Waals surface area contributed by atoms with Crippen LogP contribution in [0.1, 0.15) is 22.3 Å². The number of phenols is 2. The number of hydrogen-bond acceptors (Lipinski definition) is 4. The Balaban J connectivity index is 1.08. The molecule has 0 fully saturated rings. The number of aromatic nitrogens is 2. The highest BCUT2D eigenvalue weighted by atomic mass is 16.3. The van der Waals surface area contributed by atoms with Gasteiger partial charge in [0.2, 0.25) is 0 Å². The number of rotatable bonds is 2. The Bertz CT molecular complexity index is 2700. The Hall–Kier alpha value is -7.40. The molecule has 242 valence electrons. The lowest BCUT2D eigenvalue weighted by Crippen LogP contribution is -1.92. The van der Waals surface area contributed by atoms with Gasteiger partial charge in [0.05, 0.1) is 11.4 Å². The lowest BCUT2D eigenvalue weighted by molar-refractivity contribution is 0.477. The molecule has 0 aliphatic rings. The topological polar surface area (TPSA) is 66.2 Å². The van der Waals surface area contributed by atoms with E-state index in [1.54, 1.807) is 30.3 Å². The average Bonchev–Trinajstić information content (AvgIpc) is 3.19. The lowest BCUT2D eigenvalue weighted by Gasteiger charge is -2.09. The minimum atomic E-state index is 0.0666. The molecular weight excluding hydrogens is 637 g/mol. The van der Waals surface area contributed by atoms with Crippen molar-refractivity contribution < 1.29 is 10.2 Å². The predicted octanol–water partition coefficient (Wildman–Crippen LogP) is 10.6. The summed E-state index contributed by atoms with van der Waals surface area (Å²) in [6.45, 7) is 0. The molecule has 4 heteroatoms. The fraction of sp³-hybridized carbons (Fsp3) is 0. The molecule has 9 aromatic rings. The maximum Gasteiger partial charge on any atom is 0.125 e. The van der Waals surface area contributed by atoms with Crippen LogP contribution < -0.4 is 0 Å². The standard InChI is InChI=1S/C48H28N2O2/c51-47-23-19-31(17-21-41-37-13-5-1-9-33(37)27-34-10-2-6-14-38(34)41)25-43(47)45-29-46(50-30-49-45)44-26-32(20-24-48(44)52)18-22-42-39-15-7-3-11-35(39)28-36-12-4-8-16-40(36)42/h1-16,19-20,23-30,51-52H. The van der Waals surface area contributed by atoms with Gasteiger partial charge in [0, 0.05) is 33.4 Å². The molecular formula is C48H28N2O2. The fourth-order valence-corrected chi connectivity index (χ4v) is 6.86. The van der Waals surface area contributed by atoms with E-state index in [2.05, 4.69) is 94.3 Å². The molecule has 8 aromatic carbocycles. The third kappa shape index (κ3) is 5.61. The van der Waals surface area contributed by atoms with Crippen molar-refractivity contribution >= 4 is 43.1 Å². The van der Waals surface area contributed by atoms with E-state index >= 15 is 0 Å². The zero-order valence-corrected chi connectivity index (χ0v) is 27.8. The van der Waals surface area contributed by atoms with Gasteiger partial charge in [0.15, 0.2) is 0 Å². The van der Waals surface area contributed by atoms with Gasteiger partial charge in [-0.3, -0.25) is 0 Å². The SMILES string of the molecule is Oc1ccc(C#Cc2c3ccccc3cc3ccccc23)cc1-c1cc(-c2cc(C#Cc3c4ccccc4cc4ccccc34)ccc2O)ncn1. The van der Waals surface area contributed by atoms with Crippen LogP contribution in [0.5, 0.6) is 11.5 Å². The molecule has 0 amide bonds. The van der Waals surface area contributed by atoms with Gasteiger partial charge >= 0.3 is 0 Å². The van der Waals surface area contributed by atoms with Crippen molar-refractivity contribution in [2.45, 2.75) is 0 Å². The molecule has 0 bridgehead atoms. The quantitative estimate of drug-likeness (QED) is 0.143. The van der Waals surface area contributed by atoms with Gasteiger partial charge in [0.25, 0.3) is 0 Å². The number of hydrogen-bond donors (Lipinski definition) is 2. The third-order valence-electron chi connectivity index (χ3n) is 9.42. The number of aromatic hydroxyl groups is 2. The molecule has 9 rings (SSSR count). The molecule has 0 saturated carbocycles. The third-order valence-corrected chi connectivity index (χ3v) is 9.42. The Morgan fingerprint density at radius 1 is 0.365 bits per heavy atom. The molecule has 2 N–H and O–H groups in total. The van der Waals surface area contributed by atoms with Crippen LogP contribution in [0, 0.1) is 23.7 Å². The van der Waals surface area contributed by atoms with Gasteiger partial charge < -0.3 is 10.2 Å². The second-order valence-electron chi connectivity index (χ2n) is 12.6. The highest BCUT2D eigenvalue weighted by Gasteiger charge is 2.13. The molecule has 1 aromatic heterocycles. The second-order valence-corrected chi connectivity index (χ2v) is 12.6. The van der Waals surface area contributed by atoms with Gasteiger partial charge in [-0.15, -0.1) is 0 Å². The van der Waals surface area contributed by atoms with Crippen molar-refractivity contribution in [2.24, 2.45) is 0 Å². The van der Waals surface area contributed by atoms with E-state index in [1.165, 1.54) is 6.33 Å². The molecule has 0 saturated heterocycles. The molecule has 0 radical (unpaired) electrons. The van der Waals surface area contributed by atoms with Gasteiger partial charge in [0.1, 0.15) is 17.8 Å². The van der Waals surface area contributed by atoms with Crippen LogP contribution >= 0.6 is 0 Å². The number of benzene rings is 8. The summed E-state index contributed by atoms with van der Waals surface area (Å²) >= 11 is 0. The van der Waals surface area contributed by atoms with E-state index in [0.29, 0.717) is 22.5 Å². The number of nitrogens with zero attached hydrogens (tertiary/aromatic N) is 2. The first-order valence-corrected chi connectivity index (χ1v) is 16.9. The summed E-state index contributed by atoms with van der Waals surface area (Å²) in [5.41, 5.74) is 5.39. The fourth-order valence-electron chi connectivity index (χ4n) is 6.86. The largest absolute Gasteiger partial charge is 0.507 e. The smallest absolute Gasteiger partial charge is 0.125 e. The van der Waals surface area contributed by atoms with Crippen LogP contribution in [-0.4, -0.2) is 20.2 Å². The van der Waals surface area contributed by atoms with Crippen molar-refractivity contribution in [1.29, 1.82) is 0 Å². The summed E-state index contributed by atoms with van der Waals surface area (Å²) in [5.74, 6) is 13.7. The summed E-state index contributed by atoms with van der Waals surface area (Å²) in [7, 11) is 0. The normalized spacial score (nSPS) is 10.9. The Kier molecular flexibility index (Phi) is 7.55. The van der Waals surface area contributed by atoms with E-state index in [1.807, 2.05) is 60.7 Å². The minimum Gasteiger partial charge on any atom is -0.507 e. The summed E-state index contributed by atoms with van der Waals surface area (Å²) < 4.78 is 0. The molecule has 4 nitrogen and oxygen atoms in total. The molecule has 0 aliphatic heterocycles. The van der Waals surface area contributed by atoms with Crippen LogP contribution in [0.25, 0.3) is 65.6 Å². The lowest BCUT2D eigenvalue weighted by atomic mass is 9.96. The second kappa shape index (κ2) is 12.8. The molecule has 52 heavy (non-hydrogen) atoms. The van der Waals surface area contributed by atoms with Crippen LogP contribution in [0.4, 0.5) is 0 Å². The molecule has 1 heterocycles. The Labute approximate surface area is 300 Å². The summed E-state index contributed by atoms with van der Waals surface area (Å²) in [6, 6.07) is 49.7. The number of phenolic OH excluding ortho intramolecular Hbond substituents is 2. The minimum absolute atomic E-state index is 0.0666. The van der Waals surface area contributed by atoms with Crippen LogP contribution in [0.15, 0.2) is 158 Å². The first-order chi connectivity index (χ1) is 25.6. The average molecular weight is 665 g/mol. The van der Waals surface area contributed by atoms with Crippen molar-refractivity contribution in [1.82, 2.24) is 9.97 Å². The molecule has 0 atom stereocenters. The van der Waals surface area contributed by atoms with Crippen molar-refractivity contribution in [3.63, 3.8) is 0 Å². The van der Waals surface area contributed by atoms with E-state index < -0.39 is 0 Å². The summed E-state index contributed by atoms with van der Waals surface area (Å²) in [4.78, 5) is 8.99. The Morgan fingerprint density at radius 3 is 1.12 bits per heavy atom. The van der Waals surface area contributed by atoms with Gasteiger partial charge in [-0.2, -0.15) is 0 Å². The first-order valence-electron chi connectivity index (χ1n) is 16.9. The molecule has 0 spiro atoms. The van der Waals surface area contributed by atoms with Crippen molar-refractivity contribution in [2.75, 3.05) is 0 Å². The van der Waals surface area contributed by atoms with Crippen molar-refractivity contribution in [3.05, 3.63) is 180 Å². The maximum absolute atomic E-state index is 11.0. The van der Waals surface area contributed by atoms with E-state index in [9.17, 15) is 10.2 Å². The predicted molar refractivity (Wildman–Crippen MR) is 211 cm³/mol. The highest BCUT2D eigenvalue weighted by Crippen LogP contribution is 2.34. The van der Waals surface area contributed by atoms with Gasteiger partial charge in [-0.1, -0.05) is 121 Å². The number of fused-ring (bicyclic) bond motifs is 4. The van der Waals surface area contributed by atoms with Crippen LogP contribution in [-0.2, 0) is 0 Å². The summed E-state index contributed by atoms with van der Waals surface area (Å²) in [5, 5.41) is 30.8. The summed E-state index contributed by atoms with van der Waals surface area (Å²) in [6.07, 6.45) is 1.44. The Morgan fingerprint density at radius 2 is 0.731 bits per heavy atom. The van der Waals surface area contributed by atoms with E-state index in [-0.39, 0.29) is 11.5 Å².